The predicted molar refractivity (Wildman–Crippen MR) is 70.9 cm³/mol. The van der Waals surface area contributed by atoms with Gasteiger partial charge in [-0.05, 0) is 37.5 Å². The van der Waals surface area contributed by atoms with E-state index in [1.165, 1.54) is 17.5 Å². The summed E-state index contributed by atoms with van der Waals surface area (Å²) in [6, 6.07) is 3.41. The Balaban J connectivity index is 2.04. The van der Waals surface area contributed by atoms with Gasteiger partial charge in [-0.25, -0.2) is 0 Å². The molecule has 2 unspecified atom stereocenters. The van der Waals surface area contributed by atoms with Crippen LogP contribution in [0.2, 0.25) is 0 Å². The van der Waals surface area contributed by atoms with Crippen molar-refractivity contribution in [3.05, 3.63) is 29.6 Å². The van der Waals surface area contributed by atoms with Crippen molar-refractivity contribution in [3.63, 3.8) is 0 Å². The van der Waals surface area contributed by atoms with Crippen LogP contribution >= 0.6 is 0 Å². The summed E-state index contributed by atoms with van der Waals surface area (Å²) in [5.74, 6) is 0. The van der Waals surface area contributed by atoms with Crippen LogP contribution < -0.4 is 5.32 Å². The summed E-state index contributed by atoms with van der Waals surface area (Å²) in [6.45, 7) is 10.0. The molecule has 3 nitrogen and oxygen atoms in total. The van der Waals surface area contributed by atoms with Crippen molar-refractivity contribution in [2.24, 2.45) is 0 Å². The molecule has 2 heterocycles. The first kappa shape index (κ1) is 12.5. The minimum Gasteiger partial charge on any atom is -0.311 e. The van der Waals surface area contributed by atoms with E-state index < -0.39 is 0 Å². The van der Waals surface area contributed by atoms with Gasteiger partial charge in [0.2, 0.25) is 0 Å². The topological polar surface area (TPSA) is 28.2 Å². The third kappa shape index (κ3) is 3.05. The lowest BCUT2D eigenvalue weighted by molar-refractivity contribution is 0.131. The molecule has 0 aliphatic carbocycles. The van der Waals surface area contributed by atoms with Gasteiger partial charge >= 0.3 is 0 Å². The normalized spacial score (nSPS) is 26.1. The molecule has 1 aliphatic rings. The molecule has 1 aromatic heterocycles. The molecule has 1 aromatic rings. The lowest BCUT2D eigenvalue weighted by Gasteiger charge is -2.38. The number of hydrogen-bond acceptors (Lipinski definition) is 3. The first-order valence-electron chi connectivity index (χ1n) is 6.57. The molecule has 0 saturated carbocycles. The Labute approximate surface area is 104 Å². The molecule has 2 atom stereocenters. The SMILES string of the molecule is CCC1CN(Cc2ccncc2C)C(C)CN1. The highest BCUT2D eigenvalue weighted by Gasteiger charge is 2.23. The van der Waals surface area contributed by atoms with E-state index in [2.05, 4.69) is 42.0 Å². The lowest BCUT2D eigenvalue weighted by Crippen LogP contribution is -2.54. The second kappa shape index (κ2) is 5.61. The first-order valence-corrected chi connectivity index (χ1v) is 6.57. The van der Waals surface area contributed by atoms with Crippen LogP contribution in [0.5, 0.6) is 0 Å². The van der Waals surface area contributed by atoms with Gasteiger partial charge in [-0.1, -0.05) is 6.92 Å². The number of rotatable bonds is 3. The third-order valence-electron chi connectivity index (χ3n) is 3.78. The molecule has 1 aliphatic heterocycles. The number of aromatic nitrogens is 1. The van der Waals surface area contributed by atoms with Gasteiger partial charge in [0.05, 0.1) is 0 Å². The number of pyridine rings is 1. The van der Waals surface area contributed by atoms with Gasteiger partial charge < -0.3 is 5.32 Å². The summed E-state index contributed by atoms with van der Waals surface area (Å²) < 4.78 is 0. The molecule has 0 aromatic carbocycles. The molecule has 3 heteroatoms. The average Bonchev–Trinajstić information content (AvgIpc) is 2.35. The second-order valence-corrected chi connectivity index (χ2v) is 5.09. The Bertz CT molecular complexity index is 364. The molecular formula is C14H23N3. The van der Waals surface area contributed by atoms with Crippen LogP contribution in [0.1, 0.15) is 31.4 Å². The summed E-state index contributed by atoms with van der Waals surface area (Å²) >= 11 is 0. The minimum atomic E-state index is 0.616. The number of aryl methyl sites for hydroxylation is 1. The Morgan fingerprint density at radius 1 is 1.53 bits per heavy atom. The van der Waals surface area contributed by atoms with Gasteiger partial charge in [0.1, 0.15) is 0 Å². The van der Waals surface area contributed by atoms with Gasteiger partial charge in [0.25, 0.3) is 0 Å². The number of piperazine rings is 1. The highest BCUT2D eigenvalue weighted by atomic mass is 15.2. The number of hydrogen-bond donors (Lipinski definition) is 1. The minimum absolute atomic E-state index is 0.616. The van der Waals surface area contributed by atoms with Crippen LogP contribution in [0.15, 0.2) is 18.5 Å². The van der Waals surface area contributed by atoms with E-state index in [-0.39, 0.29) is 0 Å². The van der Waals surface area contributed by atoms with Gasteiger partial charge in [-0.2, -0.15) is 0 Å². The molecule has 1 fully saturated rings. The zero-order chi connectivity index (χ0) is 12.3. The maximum absolute atomic E-state index is 4.16. The van der Waals surface area contributed by atoms with Crippen molar-refractivity contribution in [3.8, 4) is 0 Å². The van der Waals surface area contributed by atoms with Crippen LogP contribution in [-0.4, -0.2) is 35.1 Å². The molecule has 0 amide bonds. The van der Waals surface area contributed by atoms with Crippen molar-refractivity contribution in [1.82, 2.24) is 15.2 Å². The molecule has 94 valence electrons. The zero-order valence-corrected chi connectivity index (χ0v) is 11.1. The average molecular weight is 233 g/mol. The van der Waals surface area contributed by atoms with Crippen molar-refractivity contribution >= 4 is 0 Å². The summed E-state index contributed by atoms with van der Waals surface area (Å²) in [5, 5.41) is 3.59. The van der Waals surface area contributed by atoms with Gasteiger partial charge in [0, 0.05) is 44.1 Å². The standard InChI is InChI=1S/C14H23N3/c1-4-14-10-17(12(3)8-16-14)9-13-5-6-15-7-11(13)2/h5-7,12,14,16H,4,8-10H2,1-3H3. The zero-order valence-electron chi connectivity index (χ0n) is 11.1. The van der Waals surface area contributed by atoms with E-state index in [9.17, 15) is 0 Å². The van der Waals surface area contributed by atoms with Crippen molar-refractivity contribution < 1.29 is 0 Å². The molecular weight excluding hydrogens is 210 g/mol. The molecule has 2 rings (SSSR count). The second-order valence-electron chi connectivity index (χ2n) is 5.09. The summed E-state index contributed by atoms with van der Waals surface area (Å²) in [5.41, 5.74) is 2.70. The number of nitrogens with zero attached hydrogens (tertiary/aromatic N) is 2. The fourth-order valence-electron chi connectivity index (χ4n) is 2.39. The van der Waals surface area contributed by atoms with Crippen molar-refractivity contribution in [1.29, 1.82) is 0 Å². The summed E-state index contributed by atoms with van der Waals surface area (Å²) in [7, 11) is 0. The van der Waals surface area contributed by atoms with E-state index >= 15 is 0 Å². The highest BCUT2D eigenvalue weighted by molar-refractivity contribution is 5.21. The maximum atomic E-state index is 4.16. The summed E-state index contributed by atoms with van der Waals surface area (Å²) in [6.07, 6.45) is 5.06. The lowest BCUT2D eigenvalue weighted by atomic mass is 10.1. The van der Waals surface area contributed by atoms with Crippen LogP contribution in [-0.2, 0) is 6.54 Å². The molecule has 0 bridgehead atoms. The van der Waals surface area contributed by atoms with Crippen molar-refractivity contribution in [2.45, 2.75) is 45.8 Å². The van der Waals surface area contributed by atoms with E-state index in [1.807, 2.05) is 12.4 Å². The molecule has 0 spiro atoms. The Kier molecular flexibility index (Phi) is 4.13. The smallest absolute Gasteiger partial charge is 0.0300 e. The van der Waals surface area contributed by atoms with Crippen LogP contribution in [0, 0.1) is 6.92 Å². The van der Waals surface area contributed by atoms with Gasteiger partial charge in [-0.3, -0.25) is 9.88 Å². The molecule has 1 N–H and O–H groups in total. The Morgan fingerprint density at radius 3 is 3.06 bits per heavy atom. The maximum Gasteiger partial charge on any atom is 0.0300 e. The fraction of sp³-hybridized carbons (Fsp3) is 0.643. The van der Waals surface area contributed by atoms with Crippen molar-refractivity contribution in [2.75, 3.05) is 13.1 Å². The molecule has 0 radical (unpaired) electrons. The van der Waals surface area contributed by atoms with Crippen LogP contribution in [0.4, 0.5) is 0 Å². The first-order chi connectivity index (χ1) is 8.20. The Hall–Kier alpha value is -0.930. The van der Waals surface area contributed by atoms with E-state index in [0.29, 0.717) is 12.1 Å². The molecule has 17 heavy (non-hydrogen) atoms. The predicted octanol–water partition coefficient (Wildman–Crippen LogP) is 1.96. The highest BCUT2D eigenvalue weighted by Crippen LogP contribution is 2.15. The van der Waals surface area contributed by atoms with Gasteiger partial charge in [-0.15, -0.1) is 0 Å². The third-order valence-corrected chi connectivity index (χ3v) is 3.78. The largest absolute Gasteiger partial charge is 0.311 e. The summed E-state index contributed by atoms with van der Waals surface area (Å²) in [4.78, 5) is 6.73. The van der Waals surface area contributed by atoms with Crippen LogP contribution in [0.25, 0.3) is 0 Å². The number of nitrogens with one attached hydrogen (secondary N) is 1. The van der Waals surface area contributed by atoms with E-state index in [1.54, 1.807) is 0 Å². The van der Waals surface area contributed by atoms with Crippen LogP contribution in [0.3, 0.4) is 0 Å². The Morgan fingerprint density at radius 2 is 2.35 bits per heavy atom. The van der Waals surface area contributed by atoms with E-state index in [0.717, 1.165) is 19.6 Å². The quantitative estimate of drug-likeness (QED) is 0.865. The molecule has 1 saturated heterocycles. The monoisotopic (exact) mass is 233 g/mol. The fourth-order valence-corrected chi connectivity index (χ4v) is 2.39. The van der Waals surface area contributed by atoms with Gasteiger partial charge in [0.15, 0.2) is 0 Å². The van der Waals surface area contributed by atoms with E-state index in [4.69, 9.17) is 0 Å².